The molecule has 0 radical (unpaired) electrons. The highest BCUT2D eigenvalue weighted by Gasteiger charge is 2.39. The Morgan fingerprint density at radius 1 is 1.08 bits per heavy atom. The molecule has 2 aromatic carbocycles. The van der Waals surface area contributed by atoms with E-state index in [1.165, 1.54) is 6.07 Å². The van der Waals surface area contributed by atoms with Gasteiger partial charge in [-0.15, -0.1) is 0 Å². The number of nitrogens with zero attached hydrogens (tertiary/aromatic N) is 2. The molecule has 1 aromatic heterocycles. The zero-order chi connectivity index (χ0) is 26.2. The molecule has 3 fully saturated rings. The Morgan fingerprint density at radius 2 is 1.87 bits per heavy atom. The SMILES string of the molecule is O=C(c1cc2cc(Cl)cc(NC3CCOCC3)c2[nH]1)N1CC(c2ccc(F)cc2F)[C@H](CN2CCCC2)C1. The number of benzene rings is 2. The van der Waals surface area contributed by atoms with Crippen LogP contribution in [-0.2, 0) is 4.74 Å². The maximum Gasteiger partial charge on any atom is 0.270 e. The topological polar surface area (TPSA) is 60.6 Å². The number of hydrogen-bond acceptors (Lipinski definition) is 4. The monoisotopic (exact) mass is 542 g/mol. The molecule has 6 nitrogen and oxygen atoms in total. The normalized spacial score (nSPS) is 23.0. The largest absolute Gasteiger partial charge is 0.381 e. The summed E-state index contributed by atoms with van der Waals surface area (Å²) in [4.78, 5) is 21.3. The predicted molar refractivity (Wildman–Crippen MR) is 145 cm³/mol. The second kappa shape index (κ2) is 10.8. The number of aromatic nitrogens is 1. The van der Waals surface area contributed by atoms with E-state index >= 15 is 0 Å². The number of anilines is 1. The maximum absolute atomic E-state index is 14.9. The van der Waals surface area contributed by atoms with Gasteiger partial charge < -0.3 is 24.8 Å². The van der Waals surface area contributed by atoms with E-state index in [0.29, 0.717) is 29.4 Å². The Kier molecular flexibility index (Phi) is 7.29. The van der Waals surface area contributed by atoms with Crippen molar-refractivity contribution in [2.75, 3.05) is 51.3 Å². The van der Waals surface area contributed by atoms with Crippen LogP contribution in [0.25, 0.3) is 10.9 Å². The van der Waals surface area contributed by atoms with Gasteiger partial charge in [0.2, 0.25) is 0 Å². The van der Waals surface area contributed by atoms with Crippen molar-refractivity contribution in [3.63, 3.8) is 0 Å². The average Bonchev–Trinajstić information content (AvgIpc) is 3.65. The lowest BCUT2D eigenvalue weighted by atomic mass is 9.88. The van der Waals surface area contributed by atoms with Crippen LogP contribution in [0.2, 0.25) is 5.02 Å². The second-order valence-corrected chi connectivity index (χ2v) is 11.3. The predicted octanol–water partition coefficient (Wildman–Crippen LogP) is 5.64. The number of ether oxygens (including phenoxy) is 1. The molecule has 1 amide bonds. The zero-order valence-corrected chi connectivity index (χ0v) is 22.1. The van der Waals surface area contributed by atoms with Gasteiger partial charge in [0.15, 0.2) is 0 Å². The highest BCUT2D eigenvalue weighted by molar-refractivity contribution is 6.32. The molecule has 1 unspecified atom stereocenters. The van der Waals surface area contributed by atoms with E-state index in [1.54, 1.807) is 6.07 Å². The van der Waals surface area contributed by atoms with Gasteiger partial charge >= 0.3 is 0 Å². The zero-order valence-electron chi connectivity index (χ0n) is 21.3. The number of halogens is 3. The molecule has 9 heteroatoms. The van der Waals surface area contributed by atoms with Gasteiger partial charge in [-0.05, 0) is 74.5 Å². The smallest absolute Gasteiger partial charge is 0.270 e. The number of likely N-dealkylation sites (tertiary alicyclic amines) is 2. The van der Waals surface area contributed by atoms with Gasteiger partial charge in [-0.2, -0.15) is 0 Å². The van der Waals surface area contributed by atoms with Gasteiger partial charge in [0.1, 0.15) is 17.3 Å². The highest BCUT2D eigenvalue weighted by atomic mass is 35.5. The van der Waals surface area contributed by atoms with Crippen LogP contribution in [0.15, 0.2) is 36.4 Å². The Hall–Kier alpha value is -2.68. The Balaban J connectivity index is 1.26. The first kappa shape index (κ1) is 25.6. The molecule has 3 aliphatic rings. The molecular formula is C29H33ClF2N4O2. The summed E-state index contributed by atoms with van der Waals surface area (Å²) in [6.45, 7) is 5.21. The third kappa shape index (κ3) is 5.26. The van der Waals surface area contributed by atoms with Crippen molar-refractivity contribution >= 4 is 34.1 Å². The van der Waals surface area contributed by atoms with Gasteiger partial charge in [0.05, 0.1) is 11.2 Å². The van der Waals surface area contributed by atoms with E-state index in [1.807, 2.05) is 23.1 Å². The summed E-state index contributed by atoms with van der Waals surface area (Å²) in [5, 5.41) is 5.04. The Morgan fingerprint density at radius 3 is 2.63 bits per heavy atom. The molecular weight excluding hydrogens is 510 g/mol. The molecule has 4 heterocycles. The molecule has 3 saturated heterocycles. The molecule has 0 bridgehead atoms. The summed E-state index contributed by atoms with van der Waals surface area (Å²) in [5.41, 5.74) is 2.69. The van der Waals surface area contributed by atoms with E-state index in [0.717, 1.165) is 81.2 Å². The Labute approximate surface area is 226 Å². The molecule has 3 aliphatic heterocycles. The van der Waals surface area contributed by atoms with Gasteiger partial charge in [0.25, 0.3) is 5.91 Å². The molecule has 2 atom stereocenters. The first-order chi connectivity index (χ1) is 18.4. The second-order valence-electron chi connectivity index (χ2n) is 10.9. The Bertz CT molecular complexity index is 1320. The van der Waals surface area contributed by atoms with Gasteiger partial charge in [-0.1, -0.05) is 17.7 Å². The molecule has 0 saturated carbocycles. The number of rotatable bonds is 6. The quantitative estimate of drug-likeness (QED) is 0.423. The molecule has 202 valence electrons. The lowest BCUT2D eigenvalue weighted by molar-refractivity contribution is 0.0778. The van der Waals surface area contributed by atoms with Crippen LogP contribution in [-0.4, -0.2) is 72.7 Å². The minimum atomic E-state index is -0.588. The van der Waals surface area contributed by atoms with Crippen molar-refractivity contribution in [3.8, 4) is 0 Å². The third-order valence-corrected chi connectivity index (χ3v) is 8.50. The fraction of sp³-hybridized carbons (Fsp3) is 0.483. The third-order valence-electron chi connectivity index (χ3n) is 8.29. The summed E-state index contributed by atoms with van der Waals surface area (Å²) in [6.07, 6.45) is 4.14. The lowest BCUT2D eigenvalue weighted by Gasteiger charge is -2.24. The number of H-pyrrole nitrogens is 1. The number of nitrogens with one attached hydrogen (secondary N) is 2. The standard InChI is InChI=1S/C29H33ClF2N4O2/c30-20-11-18-12-27(34-28(18)26(13-20)33-22-5-9-38-10-6-22)29(37)36-16-19(15-35-7-1-2-8-35)24(17-36)23-4-3-21(31)14-25(23)32/h3-4,11-14,19,22,24,33-34H,1-2,5-10,15-17H2/t19-,24?/m1/s1. The van der Waals surface area contributed by atoms with Crippen LogP contribution in [0, 0.1) is 17.6 Å². The summed E-state index contributed by atoms with van der Waals surface area (Å²) in [5.74, 6) is -1.37. The minimum absolute atomic E-state index is 0.0709. The van der Waals surface area contributed by atoms with E-state index < -0.39 is 11.6 Å². The molecule has 3 aromatic rings. The van der Waals surface area contributed by atoms with Crippen LogP contribution < -0.4 is 5.32 Å². The fourth-order valence-corrected chi connectivity index (χ4v) is 6.57. The number of carbonyl (C=O) groups excluding carboxylic acids is 1. The summed E-state index contributed by atoms with van der Waals surface area (Å²) < 4.78 is 34.0. The number of aromatic amines is 1. The molecule has 6 rings (SSSR count). The van der Waals surface area contributed by atoms with Crippen LogP contribution in [0.5, 0.6) is 0 Å². The number of fused-ring (bicyclic) bond motifs is 1. The number of hydrogen-bond donors (Lipinski definition) is 2. The van der Waals surface area contributed by atoms with Crippen molar-refractivity contribution in [2.45, 2.75) is 37.6 Å². The molecule has 2 N–H and O–H groups in total. The van der Waals surface area contributed by atoms with E-state index in [-0.39, 0.29) is 23.8 Å². The van der Waals surface area contributed by atoms with E-state index in [2.05, 4.69) is 15.2 Å². The van der Waals surface area contributed by atoms with Crippen molar-refractivity contribution in [1.82, 2.24) is 14.8 Å². The van der Waals surface area contributed by atoms with E-state index in [9.17, 15) is 13.6 Å². The summed E-state index contributed by atoms with van der Waals surface area (Å²) >= 11 is 6.43. The molecule has 0 aliphatic carbocycles. The van der Waals surface area contributed by atoms with Crippen LogP contribution in [0.4, 0.5) is 14.5 Å². The highest BCUT2D eigenvalue weighted by Crippen LogP contribution is 2.37. The van der Waals surface area contributed by atoms with Gasteiger partial charge in [0, 0.05) is 61.3 Å². The summed E-state index contributed by atoms with van der Waals surface area (Å²) in [7, 11) is 0. The van der Waals surface area contributed by atoms with Gasteiger partial charge in [-0.25, -0.2) is 8.78 Å². The minimum Gasteiger partial charge on any atom is -0.381 e. The molecule has 38 heavy (non-hydrogen) atoms. The van der Waals surface area contributed by atoms with Crippen molar-refractivity contribution < 1.29 is 18.3 Å². The van der Waals surface area contributed by atoms with E-state index in [4.69, 9.17) is 16.3 Å². The lowest BCUT2D eigenvalue weighted by Crippen LogP contribution is -2.32. The van der Waals surface area contributed by atoms with Crippen LogP contribution in [0.1, 0.15) is 47.7 Å². The van der Waals surface area contributed by atoms with Gasteiger partial charge in [-0.3, -0.25) is 4.79 Å². The first-order valence-electron chi connectivity index (χ1n) is 13.6. The maximum atomic E-state index is 14.9. The van der Waals surface area contributed by atoms with Crippen molar-refractivity contribution in [2.24, 2.45) is 5.92 Å². The first-order valence-corrected chi connectivity index (χ1v) is 14.0. The number of carbonyl (C=O) groups is 1. The number of amides is 1. The average molecular weight is 543 g/mol. The van der Waals surface area contributed by atoms with Crippen LogP contribution in [0.3, 0.4) is 0 Å². The fourth-order valence-electron chi connectivity index (χ4n) is 6.34. The van der Waals surface area contributed by atoms with Crippen LogP contribution >= 0.6 is 11.6 Å². The summed E-state index contributed by atoms with van der Waals surface area (Å²) in [6, 6.07) is 9.67. The van der Waals surface area contributed by atoms with Crippen molar-refractivity contribution in [3.05, 3.63) is 64.3 Å². The molecule has 0 spiro atoms. The van der Waals surface area contributed by atoms with Crippen molar-refractivity contribution in [1.29, 1.82) is 0 Å².